The van der Waals surface area contributed by atoms with Crippen LogP contribution in [-0.2, 0) is 9.47 Å². The number of anilines is 1. The first-order valence-electron chi connectivity index (χ1n) is 5.63. The molecule has 1 N–H and O–H groups in total. The average molecular weight is 264 g/mol. The van der Waals surface area contributed by atoms with Crippen LogP contribution in [0, 0.1) is 0 Å². The SMILES string of the molecule is COC(CNc1cccc(-c2nccs2)c1)OC. The topological polar surface area (TPSA) is 43.4 Å². The van der Waals surface area contributed by atoms with Gasteiger partial charge in [0.25, 0.3) is 0 Å². The Bertz CT molecular complexity index is 470. The number of hydrogen-bond donors (Lipinski definition) is 1. The smallest absolute Gasteiger partial charge is 0.173 e. The third kappa shape index (κ3) is 3.29. The van der Waals surface area contributed by atoms with Crippen LogP contribution in [0.5, 0.6) is 0 Å². The lowest BCUT2D eigenvalue weighted by Crippen LogP contribution is -2.23. The van der Waals surface area contributed by atoms with Gasteiger partial charge >= 0.3 is 0 Å². The molecular weight excluding hydrogens is 248 g/mol. The van der Waals surface area contributed by atoms with Crippen LogP contribution in [0.2, 0.25) is 0 Å². The Morgan fingerprint density at radius 2 is 2.17 bits per heavy atom. The number of rotatable bonds is 6. The Morgan fingerprint density at radius 1 is 1.33 bits per heavy atom. The predicted octanol–water partition coefficient (Wildman–Crippen LogP) is 2.84. The molecule has 0 bridgehead atoms. The lowest BCUT2D eigenvalue weighted by atomic mass is 10.2. The molecule has 0 saturated heterocycles. The zero-order chi connectivity index (χ0) is 12.8. The maximum Gasteiger partial charge on any atom is 0.173 e. The molecule has 2 rings (SSSR count). The van der Waals surface area contributed by atoms with Gasteiger partial charge in [-0.05, 0) is 12.1 Å². The molecule has 0 radical (unpaired) electrons. The predicted molar refractivity (Wildman–Crippen MR) is 73.8 cm³/mol. The molecule has 18 heavy (non-hydrogen) atoms. The molecule has 4 nitrogen and oxygen atoms in total. The number of ether oxygens (including phenoxy) is 2. The fourth-order valence-electron chi connectivity index (χ4n) is 1.59. The Morgan fingerprint density at radius 3 is 2.83 bits per heavy atom. The summed E-state index contributed by atoms with van der Waals surface area (Å²) in [5.74, 6) is 0. The minimum atomic E-state index is -0.242. The Balaban J connectivity index is 2.04. The highest BCUT2D eigenvalue weighted by atomic mass is 32.1. The van der Waals surface area contributed by atoms with Crippen molar-refractivity contribution in [3.8, 4) is 10.6 Å². The molecule has 1 aromatic carbocycles. The summed E-state index contributed by atoms with van der Waals surface area (Å²) in [4.78, 5) is 4.30. The van der Waals surface area contributed by atoms with Crippen LogP contribution in [0.4, 0.5) is 5.69 Å². The molecule has 0 atom stereocenters. The van der Waals surface area contributed by atoms with Gasteiger partial charge in [0.15, 0.2) is 6.29 Å². The summed E-state index contributed by atoms with van der Waals surface area (Å²) in [5, 5.41) is 6.27. The number of nitrogens with zero attached hydrogens (tertiary/aromatic N) is 1. The molecule has 0 saturated carbocycles. The molecule has 96 valence electrons. The zero-order valence-corrected chi connectivity index (χ0v) is 11.2. The lowest BCUT2D eigenvalue weighted by Gasteiger charge is -2.15. The maximum absolute atomic E-state index is 5.13. The molecule has 0 aliphatic heterocycles. The number of aromatic nitrogens is 1. The monoisotopic (exact) mass is 264 g/mol. The van der Waals surface area contributed by atoms with Crippen molar-refractivity contribution in [2.24, 2.45) is 0 Å². The average Bonchev–Trinajstić information content (AvgIpc) is 2.94. The highest BCUT2D eigenvalue weighted by Gasteiger charge is 2.05. The van der Waals surface area contributed by atoms with Crippen LogP contribution in [0.15, 0.2) is 35.8 Å². The van der Waals surface area contributed by atoms with Crippen molar-refractivity contribution in [3.05, 3.63) is 35.8 Å². The van der Waals surface area contributed by atoms with E-state index in [0.29, 0.717) is 6.54 Å². The quantitative estimate of drug-likeness (QED) is 0.815. The standard InChI is InChI=1S/C13H16N2O2S/c1-16-12(17-2)9-15-11-5-3-4-10(8-11)13-14-6-7-18-13/h3-8,12,15H,9H2,1-2H3. The summed E-state index contributed by atoms with van der Waals surface area (Å²) in [7, 11) is 3.25. The molecule has 1 heterocycles. The van der Waals surface area contributed by atoms with Crippen molar-refractivity contribution in [2.45, 2.75) is 6.29 Å². The summed E-state index contributed by atoms with van der Waals surface area (Å²) in [5.41, 5.74) is 2.14. The normalized spacial score (nSPS) is 10.8. The largest absolute Gasteiger partial charge is 0.380 e. The van der Waals surface area contributed by atoms with Gasteiger partial charge in [-0.25, -0.2) is 4.98 Å². The minimum absolute atomic E-state index is 0.242. The van der Waals surface area contributed by atoms with Crippen LogP contribution in [0.25, 0.3) is 10.6 Å². The molecule has 0 spiro atoms. The first-order valence-corrected chi connectivity index (χ1v) is 6.51. The molecule has 0 amide bonds. The summed E-state index contributed by atoms with van der Waals surface area (Å²) in [6, 6.07) is 8.14. The van der Waals surface area contributed by atoms with Crippen molar-refractivity contribution in [1.82, 2.24) is 4.98 Å². The summed E-state index contributed by atoms with van der Waals surface area (Å²) in [6.45, 7) is 0.605. The Hall–Kier alpha value is -1.43. The molecule has 0 fully saturated rings. The second-order valence-electron chi connectivity index (χ2n) is 3.70. The molecule has 2 aromatic rings. The zero-order valence-electron chi connectivity index (χ0n) is 10.4. The molecule has 0 unspecified atom stereocenters. The summed E-state index contributed by atoms with van der Waals surface area (Å²) < 4.78 is 10.3. The van der Waals surface area contributed by atoms with Gasteiger partial charge in [-0.1, -0.05) is 12.1 Å². The van der Waals surface area contributed by atoms with Crippen LogP contribution in [0.1, 0.15) is 0 Å². The van der Waals surface area contributed by atoms with E-state index in [-0.39, 0.29) is 6.29 Å². The van der Waals surface area contributed by atoms with E-state index in [1.165, 1.54) is 0 Å². The molecule has 0 aliphatic carbocycles. The highest BCUT2D eigenvalue weighted by molar-refractivity contribution is 7.13. The maximum atomic E-state index is 5.13. The Labute approximate surface area is 111 Å². The van der Waals surface area contributed by atoms with Gasteiger partial charge in [-0.3, -0.25) is 0 Å². The Kier molecular flexibility index (Phi) is 4.69. The fourth-order valence-corrected chi connectivity index (χ4v) is 2.23. The fraction of sp³-hybridized carbons (Fsp3) is 0.308. The van der Waals surface area contributed by atoms with Crippen molar-refractivity contribution in [2.75, 3.05) is 26.1 Å². The minimum Gasteiger partial charge on any atom is -0.380 e. The summed E-state index contributed by atoms with van der Waals surface area (Å²) >= 11 is 1.63. The van der Waals surface area contributed by atoms with E-state index in [1.54, 1.807) is 25.6 Å². The van der Waals surface area contributed by atoms with Gasteiger partial charge in [-0.15, -0.1) is 11.3 Å². The van der Waals surface area contributed by atoms with E-state index in [1.807, 2.05) is 29.8 Å². The van der Waals surface area contributed by atoms with Gasteiger partial charge in [-0.2, -0.15) is 0 Å². The van der Waals surface area contributed by atoms with Gasteiger partial charge in [0.05, 0.1) is 6.54 Å². The van der Waals surface area contributed by atoms with Crippen LogP contribution < -0.4 is 5.32 Å². The van der Waals surface area contributed by atoms with Crippen molar-refractivity contribution in [3.63, 3.8) is 0 Å². The van der Waals surface area contributed by atoms with Gasteiger partial charge in [0, 0.05) is 37.0 Å². The molecule has 1 aromatic heterocycles. The van der Waals surface area contributed by atoms with E-state index in [9.17, 15) is 0 Å². The molecular formula is C13H16N2O2S. The second-order valence-corrected chi connectivity index (χ2v) is 4.59. The highest BCUT2D eigenvalue weighted by Crippen LogP contribution is 2.24. The lowest BCUT2D eigenvalue weighted by molar-refractivity contribution is -0.0914. The first kappa shape index (κ1) is 13.0. The third-order valence-corrected chi connectivity index (χ3v) is 3.36. The van der Waals surface area contributed by atoms with Crippen molar-refractivity contribution in [1.29, 1.82) is 0 Å². The van der Waals surface area contributed by atoms with Crippen LogP contribution >= 0.6 is 11.3 Å². The van der Waals surface area contributed by atoms with Crippen LogP contribution in [0.3, 0.4) is 0 Å². The van der Waals surface area contributed by atoms with Gasteiger partial charge in [0.1, 0.15) is 5.01 Å². The van der Waals surface area contributed by atoms with E-state index < -0.39 is 0 Å². The van der Waals surface area contributed by atoms with E-state index >= 15 is 0 Å². The second kappa shape index (κ2) is 6.49. The van der Waals surface area contributed by atoms with E-state index in [0.717, 1.165) is 16.3 Å². The third-order valence-electron chi connectivity index (χ3n) is 2.54. The first-order chi connectivity index (χ1) is 8.83. The molecule has 0 aliphatic rings. The van der Waals surface area contributed by atoms with E-state index in [4.69, 9.17) is 9.47 Å². The van der Waals surface area contributed by atoms with Crippen LogP contribution in [-0.4, -0.2) is 32.0 Å². The summed E-state index contributed by atoms with van der Waals surface area (Å²) in [6.07, 6.45) is 1.57. The number of nitrogens with one attached hydrogen (secondary N) is 1. The van der Waals surface area contributed by atoms with Gasteiger partial charge < -0.3 is 14.8 Å². The number of methoxy groups -OCH3 is 2. The van der Waals surface area contributed by atoms with Crippen molar-refractivity contribution < 1.29 is 9.47 Å². The number of benzene rings is 1. The number of hydrogen-bond acceptors (Lipinski definition) is 5. The van der Waals surface area contributed by atoms with E-state index in [2.05, 4.69) is 16.4 Å². The van der Waals surface area contributed by atoms with Gasteiger partial charge in [0.2, 0.25) is 0 Å². The molecule has 5 heteroatoms. The van der Waals surface area contributed by atoms with Crippen molar-refractivity contribution >= 4 is 17.0 Å². The number of thiazole rings is 1.